The first kappa shape index (κ1) is 14.1. The standard InChI is InChI=1S/C17H26N2O/c20-12-11-19(13-14-7-9-18-10-8-14)17-6-5-15-3-1-2-4-16(15)17/h1-4,14,17-18,20H,5-13H2. The summed E-state index contributed by atoms with van der Waals surface area (Å²) in [6.07, 6.45) is 4.95. The van der Waals surface area contributed by atoms with Gasteiger partial charge in [0.25, 0.3) is 0 Å². The predicted molar refractivity (Wildman–Crippen MR) is 81.8 cm³/mol. The van der Waals surface area contributed by atoms with Gasteiger partial charge in [-0.2, -0.15) is 0 Å². The van der Waals surface area contributed by atoms with Crippen molar-refractivity contribution < 1.29 is 5.11 Å². The lowest BCUT2D eigenvalue weighted by molar-refractivity contribution is 0.120. The highest BCUT2D eigenvalue weighted by Crippen LogP contribution is 2.36. The molecule has 20 heavy (non-hydrogen) atoms. The first-order valence-corrected chi connectivity index (χ1v) is 8.02. The van der Waals surface area contributed by atoms with Crippen LogP contribution in [0.15, 0.2) is 24.3 Å². The lowest BCUT2D eigenvalue weighted by Crippen LogP contribution is -2.39. The number of nitrogens with zero attached hydrogens (tertiary/aromatic N) is 1. The summed E-state index contributed by atoms with van der Waals surface area (Å²) in [5.41, 5.74) is 3.00. The quantitative estimate of drug-likeness (QED) is 0.862. The predicted octanol–water partition coefficient (Wildman–Crippen LogP) is 1.97. The fraction of sp³-hybridized carbons (Fsp3) is 0.647. The zero-order chi connectivity index (χ0) is 13.8. The van der Waals surface area contributed by atoms with Crippen molar-refractivity contribution in [3.05, 3.63) is 35.4 Å². The maximum atomic E-state index is 9.42. The number of hydrogen-bond acceptors (Lipinski definition) is 3. The third kappa shape index (κ3) is 3.05. The van der Waals surface area contributed by atoms with Crippen LogP contribution >= 0.6 is 0 Å². The first-order chi connectivity index (χ1) is 9.88. The molecule has 1 aromatic rings. The van der Waals surface area contributed by atoms with Gasteiger partial charge in [0, 0.05) is 19.1 Å². The third-order valence-electron chi connectivity index (χ3n) is 4.88. The van der Waals surface area contributed by atoms with Crippen molar-refractivity contribution in [2.75, 3.05) is 32.8 Å². The fourth-order valence-corrected chi connectivity index (χ4v) is 3.81. The molecule has 2 aliphatic rings. The second-order valence-corrected chi connectivity index (χ2v) is 6.17. The number of fused-ring (bicyclic) bond motifs is 1. The number of aliphatic hydroxyl groups excluding tert-OH is 1. The first-order valence-electron chi connectivity index (χ1n) is 8.02. The van der Waals surface area contributed by atoms with Crippen molar-refractivity contribution in [2.45, 2.75) is 31.7 Å². The molecule has 1 unspecified atom stereocenters. The molecule has 110 valence electrons. The molecule has 0 radical (unpaired) electrons. The topological polar surface area (TPSA) is 35.5 Å². The van der Waals surface area contributed by atoms with Crippen LogP contribution in [0.2, 0.25) is 0 Å². The van der Waals surface area contributed by atoms with E-state index in [1.54, 1.807) is 0 Å². The zero-order valence-electron chi connectivity index (χ0n) is 12.2. The van der Waals surface area contributed by atoms with E-state index in [4.69, 9.17) is 0 Å². The highest BCUT2D eigenvalue weighted by molar-refractivity contribution is 5.34. The van der Waals surface area contributed by atoms with Crippen LogP contribution in [0.1, 0.15) is 36.4 Å². The maximum absolute atomic E-state index is 9.42. The van der Waals surface area contributed by atoms with Crippen molar-refractivity contribution in [1.29, 1.82) is 0 Å². The SMILES string of the molecule is OCCN(CC1CCNCC1)C1CCc2ccccc21. The molecule has 1 saturated heterocycles. The Kier molecular flexibility index (Phi) is 4.71. The van der Waals surface area contributed by atoms with Gasteiger partial charge in [0.2, 0.25) is 0 Å². The zero-order valence-corrected chi connectivity index (χ0v) is 12.2. The average Bonchev–Trinajstić information content (AvgIpc) is 2.92. The monoisotopic (exact) mass is 274 g/mol. The van der Waals surface area contributed by atoms with E-state index < -0.39 is 0 Å². The highest BCUT2D eigenvalue weighted by Gasteiger charge is 2.29. The summed E-state index contributed by atoms with van der Waals surface area (Å²) in [5, 5.41) is 12.9. The van der Waals surface area contributed by atoms with Crippen LogP contribution in [-0.2, 0) is 6.42 Å². The Labute approximate surface area is 122 Å². The van der Waals surface area contributed by atoms with E-state index in [9.17, 15) is 5.11 Å². The molecule has 3 nitrogen and oxygen atoms in total. The second kappa shape index (κ2) is 6.70. The number of nitrogens with one attached hydrogen (secondary N) is 1. The van der Waals surface area contributed by atoms with Crippen molar-refractivity contribution in [2.24, 2.45) is 5.92 Å². The number of aryl methyl sites for hydroxylation is 1. The Morgan fingerprint density at radius 2 is 1.95 bits per heavy atom. The normalized spacial score (nSPS) is 23.2. The molecule has 0 spiro atoms. The van der Waals surface area contributed by atoms with E-state index >= 15 is 0 Å². The van der Waals surface area contributed by atoms with Gasteiger partial charge in [-0.05, 0) is 55.8 Å². The second-order valence-electron chi connectivity index (χ2n) is 6.17. The van der Waals surface area contributed by atoms with Gasteiger partial charge in [0.15, 0.2) is 0 Å². The molecule has 1 aliphatic carbocycles. The lowest BCUT2D eigenvalue weighted by atomic mass is 9.96. The van der Waals surface area contributed by atoms with E-state index in [2.05, 4.69) is 34.5 Å². The summed E-state index contributed by atoms with van der Waals surface area (Å²) in [4.78, 5) is 2.53. The Balaban J connectivity index is 1.70. The number of rotatable bonds is 5. The molecule has 1 fully saturated rings. The van der Waals surface area contributed by atoms with Gasteiger partial charge in [-0.1, -0.05) is 24.3 Å². The van der Waals surface area contributed by atoms with Gasteiger partial charge in [-0.25, -0.2) is 0 Å². The smallest absolute Gasteiger partial charge is 0.0558 e. The van der Waals surface area contributed by atoms with Gasteiger partial charge < -0.3 is 10.4 Å². The lowest BCUT2D eigenvalue weighted by Gasteiger charge is -2.34. The van der Waals surface area contributed by atoms with Crippen molar-refractivity contribution >= 4 is 0 Å². The van der Waals surface area contributed by atoms with E-state index in [0.717, 1.165) is 32.1 Å². The number of benzene rings is 1. The Morgan fingerprint density at radius 3 is 2.75 bits per heavy atom. The van der Waals surface area contributed by atoms with Gasteiger partial charge in [-0.15, -0.1) is 0 Å². The Morgan fingerprint density at radius 1 is 1.15 bits per heavy atom. The van der Waals surface area contributed by atoms with Gasteiger partial charge in [-0.3, -0.25) is 4.90 Å². The fourth-order valence-electron chi connectivity index (χ4n) is 3.81. The molecule has 3 heteroatoms. The van der Waals surface area contributed by atoms with Crippen LogP contribution in [0.5, 0.6) is 0 Å². The molecule has 0 aromatic heterocycles. The van der Waals surface area contributed by atoms with Crippen molar-refractivity contribution in [3.8, 4) is 0 Å². The molecule has 2 N–H and O–H groups in total. The highest BCUT2D eigenvalue weighted by atomic mass is 16.3. The summed E-state index contributed by atoms with van der Waals surface area (Å²) in [6.45, 7) is 4.52. The van der Waals surface area contributed by atoms with Crippen LogP contribution < -0.4 is 5.32 Å². The molecule has 1 aromatic carbocycles. The van der Waals surface area contributed by atoms with Crippen LogP contribution in [0.4, 0.5) is 0 Å². The van der Waals surface area contributed by atoms with Gasteiger partial charge in [0.1, 0.15) is 0 Å². The van der Waals surface area contributed by atoms with E-state index in [-0.39, 0.29) is 6.61 Å². The van der Waals surface area contributed by atoms with Crippen molar-refractivity contribution in [3.63, 3.8) is 0 Å². The molecule has 0 saturated carbocycles. The molecule has 3 rings (SSSR count). The van der Waals surface area contributed by atoms with Gasteiger partial charge in [0.05, 0.1) is 6.61 Å². The average molecular weight is 274 g/mol. The van der Waals surface area contributed by atoms with Crippen LogP contribution in [0, 0.1) is 5.92 Å². The third-order valence-corrected chi connectivity index (χ3v) is 4.88. The van der Waals surface area contributed by atoms with E-state index in [1.807, 2.05) is 0 Å². The number of hydrogen-bond donors (Lipinski definition) is 2. The minimum absolute atomic E-state index is 0.267. The van der Waals surface area contributed by atoms with Crippen LogP contribution in [-0.4, -0.2) is 42.8 Å². The largest absolute Gasteiger partial charge is 0.395 e. The minimum atomic E-state index is 0.267. The maximum Gasteiger partial charge on any atom is 0.0558 e. The summed E-state index contributed by atoms with van der Waals surface area (Å²) in [7, 11) is 0. The molecule has 0 amide bonds. The number of aliphatic hydroxyl groups is 1. The van der Waals surface area contributed by atoms with Gasteiger partial charge >= 0.3 is 0 Å². The van der Waals surface area contributed by atoms with Crippen LogP contribution in [0.3, 0.4) is 0 Å². The number of piperidine rings is 1. The molecule has 1 heterocycles. The van der Waals surface area contributed by atoms with Crippen LogP contribution in [0.25, 0.3) is 0 Å². The molecular weight excluding hydrogens is 248 g/mol. The molecule has 1 atom stereocenters. The van der Waals surface area contributed by atoms with E-state index in [0.29, 0.717) is 6.04 Å². The van der Waals surface area contributed by atoms with E-state index in [1.165, 1.54) is 36.8 Å². The Bertz CT molecular complexity index is 429. The Hall–Kier alpha value is -0.900. The summed E-state index contributed by atoms with van der Waals surface area (Å²) in [6, 6.07) is 9.35. The molecular formula is C17H26N2O. The summed E-state index contributed by atoms with van der Waals surface area (Å²) >= 11 is 0. The molecule has 1 aliphatic heterocycles. The van der Waals surface area contributed by atoms with Crippen molar-refractivity contribution in [1.82, 2.24) is 10.2 Å². The summed E-state index contributed by atoms with van der Waals surface area (Å²) < 4.78 is 0. The summed E-state index contributed by atoms with van der Waals surface area (Å²) in [5.74, 6) is 0.788. The molecule has 0 bridgehead atoms. The minimum Gasteiger partial charge on any atom is -0.395 e.